The number of sulfonamides is 1. The summed E-state index contributed by atoms with van der Waals surface area (Å²) in [6, 6.07) is 12.1. The van der Waals surface area contributed by atoms with Crippen LogP contribution in [-0.4, -0.2) is 37.8 Å². The van der Waals surface area contributed by atoms with Crippen LogP contribution in [0.4, 0.5) is 15.8 Å². The summed E-state index contributed by atoms with van der Waals surface area (Å²) in [5, 5.41) is 5.41. The third-order valence-electron chi connectivity index (χ3n) is 5.54. The minimum absolute atomic E-state index is 0.209. The average Bonchev–Trinajstić information content (AvgIpc) is 2.81. The summed E-state index contributed by atoms with van der Waals surface area (Å²) in [5.41, 5.74) is 1.80. The molecule has 2 heterocycles. The summed E-state index contributed by atoms with van der Waals surface area (Å²) in [7, 11) is -4.37. The molecule has 0 fully saturated rings. The topological polar surface area (TPSA) is 108 Å². The number of pyridine rings is 1. The molecule has 1 atom stereocenters. The zero-order chi connectivity index (χ0) is 24.3. The van der Waals surface area contributed by atoms with E-state index < -0.39 is 40.1 Å². The Morgan fingerprint density at radius 1 is 1.15 bits per heavy atom. The standard InChI is InChI=1S/C24H23FN4O4S/c1-16-6-7-18(25)14-22(16)34(32,33)29-20-5-3-2-4-19(20)28-24(31)21(29)15-23(30)27-13-10-17-8-11-26-12-9-17/h2-9,11-12,14,21H,10,13,15H2,1H3,(H,27,30)(H,28,31). The Bertz CT molecular complexity index is 1330. The van der Waals surface area contributed by atoms with E-state index in [1.807, 2.05) is 12.1 Å². The molecule has 0 spiro atoms. The SMILES string of the molecule is Cc1ccc(F)cc1S(=O)(=O)N1c2ccccc2NC(=O)C1CC(=O)NCCc1ccncc1. The maximum Gasteiger partial charge on any atom is 0.265 e. The second-order valence-electron chi connectivity index (χ2n) is 7.89. The van der Waals surface area contributed by atoms with Crippen LogP contribution in [0.25, 0.3) is 0 Å². The molecule has 8 nitrogen and oxygen atoms in total. The van der Waals surface area contributed by atoms with Crippen molar-refractivity contribution < 1.29 is 22.4 Å². The quantitative estimate of drug-likeness (QED) is 0.538. The average molecular weight is 483 g/mol. The molecule has 0 aliphatic carbocycles. The second-order valence-corrected chi connectivity index (χ2v) is 9.68. The third kappa shape index (κ3) is 4.76. The molecular formula is C24H23FN4O4S. The first-order chi connectivity index (χ1) is 16.3. The summed E-state index contributed by atoms with van der Waals surface area (Å²) in [5.74, 6) is -1.84. The molecule has 10 heteroatoms. The Balaban J connectivity index is 1.63. The number of hydrogen-bond acceptors (Lipinski definition) is 5. The first-order valence-electron chi connectivity index (χ1n) is 10.6. The molecule has 1 aromatic heterocycles. The van der Waals surface area contributed by atoms with Gasteiger partial charge < -0.3 is 10.6 Å². The number of aryl methyl sites for hydroxylation is 1. The Morgan fingerprint density at radius 3 is 2.65 bits per heavy atom. The largest absolute Gasteiger partial charge is 0.356 e. The monoisotopic (exact) mass is 482 g/mol. The van der Waals surface area contributed by atoms with Crippen molar-refractivity contribution in [3.63, 3.8) is 0 Å². The maximum atomic E-state index is 14.0. The molecule has 0 radical (unpaired) electrons. The van der Waals surface area contributed by atoms with Gasteiger partial charge in [-0.05, 0) is 60.9 Å². The summed E-state index contributed by atoms with van der Waals surface area (Å²) in [6.07, 6.45) is 3.46. The molecule has 176 valence electrons. The molecule has 0 saturated carbocycles. The van der Waals surface area contributed by atoms with E-state index in [0.717, 1.165) is 15.9 Å². The van der Waals surface area contributed by atoms with Gasteiger partial charge in [-0.15, -0.1) is 0 Å². The van der Waals surface area contributed by atoms with Crippen LogP contribution in [0.1, 0.15) is 17.5 Å². The van der Waals surface area contributed by atoms with Crippen molar-refractivity contribution in [1.29, 1.82) is 0 Å². The molecule has 2 aromatic carbocycles. The zero-order valence-corrected chi connectivity index (χ0v) is 19.2. The van der Waals surface area contributed by atoms with Crippen molar-refractivity contribution in [1.82, 2.24) is 10.3 Å². The van der Waals surface area contributed by atoms with Gasteiger partial charge in [-0.3, -0.25) is 18.9 Å². The highest BCUT2D eigenvalue weighted by Crippen LogP contribution is 2.37. The number of carbonyl (C=O) groups is 2. The van der Waals surface area contributed by atoms with E-state index in [2.05, 4.69) is 15.6 Å². The lowest BCUT2D eigenvalue weighted by Crippen LogP contribution is -2.53. The fourth-order valence-corrected chi connectivity index (χ4v) is 5.71. The number of aromatic nitrogens is 1. The van der Waals surface area contributed by atoms with E-state index in [1.165, 1.54) is 18.2 Å². The fourth-order valence-electron chi connectivity index (χ4n) is 3.84. The predicted octanol–water partition coefficient (Wildman–Crippen LogP) is 2.79. The van der Waals surface area contributed by atoms with Crippen LogP contribution < -0.4 is 14.9 Å². The van der Waals surface area contributed by atoms with Crippen LogP contribution in [0.15, 0.2) is 71.9 Å². The summed E-state index contributed by atoms with van der Waals surface area (Å²) in [4.78, 5) is 29.3. The number of amides is 2. The number of benzene rings is 2. The van der Waals surface area contributed by atoms with Crippen LogP contribution in [0.3, 0.4) is 0 Å². The number of rotatable bonds is 7. The normalized spacial score (nSPS) is 15.4. The van der Waals surface area contributed by atoms with Gasteiger partial charge in [-0.25, -0.2) is 12.8 Å². The van der Waals surface area contributed by atoms with Gasteiger partial charge in [0.2, 0.25) is 11.8 Å². The molecular weight excluding hydrogens is 459 g/mol. The van der Waals surface area contributed by atoms with Gasteiger partial charge in [-0.2, -0.15) is 0 Å². The molecule has 1 aliphatic heterocycles. The minimum Gasteiger partial charge on any atom is -0.356 e. The van der Waals surface area contributed by atoms with E-state index in [1.54, 1.807) is 37.5 Å². The van der Waals surface area contributed by atoms with Crippen LogP contribution in [0.5, 0.6) is 0 Å². The number of para-hydroxylation sites is 2. The lowest BCUT2D eigenvalue weighted by atomic mass is 10.1. The molecule has 2 N–H and O–H groups in total. The van der Waals surface area contributed by atoms with E-state index in [9.17, 15) is 22.4 Å². The third-order valence-corrected chi connectivity index (χ3v) is 7.50. The highest BCUT2D eigenvalue weighted by Gasteiger charge is 2.42. The number of nitrogens with zero attached hydrogens (tertiary/aromatic N) is 2. The van der Waals surface area contributed by atoms with Crippen LogP contribution >= 0.6 is 0 Å². The number of anilines is 2. The number of halogens is 1. The van der Waals surface area contributed by atoms with Crippen molar-refractivity contribution in [2.75, 3.05) is 16.2 Å². The highest BCUT2D eigenvalue weighted by atomic mass is 32.2. The minimum atomic E-state index is -4.37. The molecule has 4 rings (SSSR count). The number of fused-ring (bicyclic) bond motifs is 1. The number of carbonyl (C=O) groups excluding carboxylic acids is 2. The zero-order valence-electron chi connectivity index (χ0n) is 18.4. The van der Waals surface area contributed by atoms with Crippen molar-refractivity contribution in [3.8, 4) is 0 Å². The van der Waals surface area contributed by atoms with Crippen LogP contribution in [0, 0.1) is 12.7 Å². The van der Waals surface area contributed by atoms with Gasteiger partial charge in [0.05, 0.1) is 22.7 Å². The first kappa shape index (κ1) is 23.4. The van der Waals surface area contributed by atoms with Crippen molar-refractivity contribution in [2.45, 2.75) is 30.7 Å². The lowest BCUT2D eigenvalue weighted by molar-refractivity contribution is -0.125. The van der Waals surface area contributed by atoms with Gasteiger partial charge in [0.25, 0.3) is 10.0 Å². The Labute approximate surface area is 196 Å². The molecule has 2 amide bonds. The van der Waals surface area contributed by atoms with Crippen molar-refractivity contribution in [3.05, 3.63) is 83.9 Å². The fraction of sp³-hybridized carbons (Fsp3) is 0.208. The van der Waals surface area contributed by atoms with E-state index in [-0.39, 0.29) is 10.6 Å². The molecule has 34 heavy (non-hydrogen) atoms. The highest BCUT2D eigenvalue weighted by molar-refractivity contribution is 7.93. The first-order valence-corrected chi connectivity index (χ1v) is 12.1. The number of nitrogens with one attached hydrogen (secondary N) is 2. The maximum absolute atomic E-state index is 14.0. The van der Waals surface area contributed by atoms with Gasteiger partial charge >= 0.3 is 0 Å². The van der Waals surface area contributed by atoms with Crippen molar-refractivity contribution >= 4 is 33.2 Å². The van der Waals surface area contributed by atoms with Crippen LogP contribution in [0.2, 0.25) is 0 Å². The summed E-state index contributed by atoms with van der Waals surface area (Å²) >= 11 is 0. The Hall–Kier alpha value is -3.79. The van der Waals surface area contributed by atoms with Crippen LogP contribution in [-0.2, 0) is 26.0 Å². The molecule has 1 unspecified atom stereocenters. The molecule has 0 bridgehead atoms. The molecule has 3 aromatic rings. The van der Waals surface area contributed by atoms with Crippen molar-refractivity contribution in [2.24, 2.45) is 0 Å². The Morgan fingerprint density at radius 2 is 1.88 bits per heavy atom. The van der Waals surface area contributed by atoms with Gasteiger partial charge in [0.1, 0.15) is 11.9 Å². The molecule has 1 aliphatic rings. The van der Waals surface area contributed by atoms with Gasteiger partial charge in [0, 0.05) is 18.9 Å². The summed E-state index contributed by atoms with van der Waals surface area (Å²) in [6.45, 7) is 1.85. The lowest BCUT2D eigenvalue weighted by Gasteiger charge is -2.37. The molecule has 0 saturated heterocycles. The predicted molar refractivity (Wildman–Crippen MR) is 125 cm³/mol. The van der Waals surface area contributed by atoms with Gasteiger partial charge in [0.15, 0.2) is 0 Å². The second kappa shape index (κ2) is 9.60. The Kier molecular flexibility index (Phi) is 6.60. The smallest absolute Gasteiger partial charge is 0.265 e. The number of hydrogen-bond donors (Lipinski definition) is 2. The van der Waals surface area contributed by atoms with E-state index in [0.29, 0.717) is 24.2 Å². The summed E-state index contributed by atoms with van der Waals surface area (Å²) < 4.78 is 42.3. The van der Waals surface area contributed by atoms with E-state index in [4.69, 9.17) is 0 Å². The van der Waals surface area contributed by atoms with Gasteiger partial charge in [-0.1, -0.05) is 18.2 Å². The van der Waals surface area contributed by atoms with E-state index >= 15 is 0 Å².